The zero-order valence-corrected chi connectivity index (χ0v) is 13.4. The Hall–Kier alpha value is -0.860. The van der Waals surface area contributed by atoms with Gasteiger partial charge in [-0.3, -0.25) is 4.90 Å². The van der Waals surface area contributed by atoms with Gasteiger partial charge in [-0.25, -0.2) is 0 Å². The summed E-state index contributed by atoms with van der Waals surface area (Å²) in [6.45, 7) is 4.29. The maximum Gasteiger partial charge on any atom is 0.0476 e. The minimum absolute atomic E-state index is 0.429. The summed E-state index contributed by atoms with van der Waals surface area (Å²) in [5.74, 6) is 0.810. The fourth-order valence-electron chi connectivity index (χ4n) is 4.10. The van der Waals surface area contributed by atoms with Crippen LogP contribution in [0.4, 0.5) is 0 Å². The highest BCUT2D eigenvalue weighted by Crippen LogP contribution is 2.44. The SMILES string of the molecule is CCCC1CCCCN1C(CN)c1ccccc1C1CC1. The van der Waals surface area contributed by atoms with Crippen LogP contribution >= 0.6 is 0 Å². The van der Waals surface area contributed by atoms with Crippen molar-refractivity contribution in [3.8, 4) is 0 Å². The van der Waals surface area contributed by atoms with E-state index in [1.807, 2.05) is 0 Å². The van der Waals surface area contributed by atoms with Gasteiger partial charge in [-0.05, 0) is 55.7 Å². The molecule has 1 aliphatic carbocycles. The van der Waals surface area contributed by atoms with E-state index in [4.69, 9.17) is 5.73 Å². The van der Waals surface area contributed by atoms with Crippen LogP contribution in [0, 0.1) is 0 Å². The third kappa shape index (κ3) is 3.32. The van der Waals surface area contributed by atoms with Crippen LogP contribution in [0.1, 0.15) is 75.0 Å². The maximum absolute atomic E-state index is 6.24. The van der Waals surface area contributed by atoms with E-state index in [9.17, 15) is 0 Å². The van der Waals surface area contributed by atoms with Crippen LogP contribution in [-0.4, -0.2) is 24.0 Å². The molecule has 1 aromatic carbocycles. The molecule has 1 saturated heterocycles. The molecule has 2 fully saturated rings. The first-order valence-corrected chi connectivity index (χ1v) is 8.89. The molecule has 1 heterocycles. The average molecular weight is 286 g/mol. The summed E-state index contributed by atoms with van der Waals surface area (Å²) in [4.78, 5) is 2.73. The Kier molecular flexibility index (Phi) is 4.97. The number of benzene rings is 1. The largest absolute Gasteiger partial charge is 0.329 e. The number of likely N-dealkylation sites (tertiary alicyclic amines) is 1. The van der Waals surface area contributed by atoms with Crippen molar-refractivity contribution < 1.29 is 0 Å². The second-order valence-electron chi connectivity index (χ2n) is 6.83. The van der Waals surface area contributed by atoms with Gasteiger partial charge in [-0.15, -0.1) is 0 Å². The number of nitrogens with zero attached hydrogens (tertiary/aromatic N) is 1. The van der Waals surface area contributed by atoms with E-state index in [0.717, 1.165) is 18.5 Å². The third-order valence-corrected chi connectivity index (χ3v) is 5.29. The van der Waals surface area contributed by atoms with Gasteiger partial charge in [0.05, 0.1) is 0 Å². The van der Waals surface area contributed by atoms with Crippen molar-refractivity contribution >= 4 is 0 Å². The van der Waals surface area contributed by atoms with Gasteiger partial charge in [-0.1, -0.05) is 44.0 Å². The fraction of sp³-hybridized carbons (Fsp3) is 0.684. The molecule has 3 rings (SSSR count). The summed E-state index contributed by atoms with van der Waals surface area (Å²) in [7, 11) is 0. The Morgan fingerprint density at radius 3 is 2.71 bits per heavy atom. The highest BCUT2D eigenvalue weighted by molar-refractivity contribution is 5.36. The van der Waals surface area contributed by atoms with Gasteiger partial charge >= 0.3 is 0 Å². The first kappa shape index (κ1) is 15.1. The third-order valence-electron chi connectivity index (χ3n) is 5.29. The van der Waals surface area contributed by atoms with Crippen LogP contribution in [0.25, 0.3) is 0 Å². The number of piperidine rings is 1. The molecule has 1 saturated carbocycles. The quantitative estimate of drug-likeness (QED) is 0.848. The zero-order valence-electron chi connectivity index (χ0n) is 13.4. The van der Waals surface area contributed by atoms with Crippen LogP contribution < -0.4 is 5.73 Å². The van der Waals surface area contributed by atoms with Crippen molar-refractivity contribution in [2.75, 3.05) is 13.1 Å². The molecule has 0 aromatic heterocycles. The number of rotatable bonds is 6. The molecule has 116 valence electrons. The summed E-state index contributed by atoms with van der Waals surface area (Å²) in [5.41, 5.74) is 9.34. The maximum atomic E-state index is 6.24. The lowest BCUT2D eigenvalue weighted by Gasteiger charge is -2.42. The molecule has 0 radical (unpaired) electrons. The Balaban J connectivity index is 1.86. The molecule has 2 heteroatoms. The summed E-state index contributed by atoms with van der Waals surface area (Å²) in [6, 6.07) is 10.2. The summed E-state index contributed by atoms with van der Waals surface area (Å²) < 4.78 is 0. The molecule has 2 aliphatic rings. The first-order chi connectivity index (χ1) is 10.3. The minimum Gasteiger partial charge on any atom is -0.329 e. The lowest BCUT2D eigenvalue weighted by Crippen LogP contribution is -2.44. The number of nitrogens with two attached hydrogens (primary N) is 1. The van der Waals surface area contributed by atoms with Crippen LogP contribution in [-0.2, 0) is 0 Å². The summed E-state index contributed by atoms with van der Waals surface area (Å²) >= 11 is 0. The summed E-state index contributed by atoms with van der Waals surface area (Å²) in [5, 5.41) is 0. The predicted octanol–water partition coefficient (Wildman–Crippen LogP) is 4.22. The fourth-order valence-corrected chi connectivity index (χ4v) is 4.10. The van der Waals surface area contributed by atoms with Crippen molar-refractivity contribution in [3.05, 3.63) is 35.4 Å². The van der Waals surface area contributed by atoms with Crippen LogP contribution in [0.5, 0.6) is 0 Å². The molecule has 1 aliphatic heterocycles. The van der Waals surface area contributed by atoms with Gasteiger partial charge in [-0.2, -0.15) is 0 Å². The van der Waals surface area contributed by atoms with Crippen LogP contribution in [0.3, 0.4) is 0 Å². The van der Waals surface area contributed by atoms with Crippen LogP contribution in [0.2, 0.25) is 0 Å². The van der Waals surface area contributed by atoms with E-state index in [1.165, 1.54) is 57.1 Å². The van der Waals surface area contributed by atoms with Crippen molar-refractivity contribution in [1.29, 1.82) is 0 Å². The van der Waals surface area contributed by atoms with Gasteiger partial charge in [0.25, 0.3) is 0 Å². The standard InChI is InChI=1S/C19H30N2/c1-2-7-16-8-5-6-13-21(16)19(14-20)18-10-4-3-9-17(18)15-11-12-15/h3-4,9-10,15-16,19H,2,5-8,11-14,20H2,1H3. The highest BCUT2D eigenvalue weighted by Gasteiger charge is 2.33. The van der Waals surface area contributed by atoms with Crippen molar-refractivity contribution in [3.63, 3.8) is 0 Å². The molecule has 0 bridgehead atoms. The van der Waals surface area contributed by atoms with E-state index < -0.39 is 0 Å². The van der Waals surface area contributed by atoms with Crippen molar-refractivity contribution in [1.82, 2.24) is 4.90 Å². The van der Waals surface area contributed by atoms with Gasteiger partial charge in [0.15, 0.2) is 0 Å². The topological polar surface area (TPSA) is 29.3 Å². The normalized spacial score (nSPS) is 25.0. The molecule has 1 aromatic rings. The molecule has 0 spiro atoms. The van der Waals surface area contributed by atoms with Gasteiger partial charge in [0.2, 0.25) is 0 Å². The molecule has 2 unspecified atom stereocenters. The molecular formula is C19H30N2. The number of hydrogen-bond acceptors (Lipinski definition) is 2. The average Bonchev–Trinajstić information content (AvgIpc) is 3.35. The van der Waals surface area contributed by atoms with E-state index in [1.54, 1.807) is 5.56 Å². The lowest BCUT2D eigenvalue weighted by molar-refractivity contribution is 0.0908. The zero-order chi connectivity index (χ0) is 14.7. The number of hydrogen-bond donors (Lipinski definition) is 1. The van der Waals surface area contributed by atoms with Crippen LogP contribution in [0.15, 0.2) is 24.3 Å². The van der Waals surface area contributed by atoms with Gasteiger partial charge in [0.1, 0.15) is 0 Å². The Morgan fingerprint density at radius 1 is 1.19 bits per heavy atom. The highest BCUT2D eigenvalue weighted by atomic mass is 15.2. The van der Waals surface area contributed by atoms with Crippen molar-refractivity contribution in [2.24, 2.45) is 5.73 Å². The lowest BCUT2D eigenvalue weighted by atomic mass is 9.90. The van der Waals surface area contributed by atoms with Crippen molar-refractivity contribution in [2.45, 2.75) is 69.9 Å². The molecule has 2 N–H and O–H groups in total. The minimum atomic E-state index is 0.429. The predicted molar refractivity (Wildman–Crippen MR) is 89.5 cm³/mol. The molecule has 2 atom stereocenters. The smallest absolute Gasteiger partial charge is 0.0476 e. The van der Waals surface area contributed by atoms with E-state index in [0.29, 0.717) is 6.04 Å². The van der Waals surface area contributed by atoms with Gasteiger partial charge < -0.3 is 5.73 Å². The summed E-state index contributed by atoms with van der Waals surface area (Å²) in [6.07, 6.45) is 9.42. The van der Waals surface area contributed by atoms with E-state index in [2.05, 4.69) is 36.1 Å². The molecular weight excluding hydrogens is 256 g/mol. The second-order valence-corrected chi connectivity index (χ2v) is 6.83. The van der Waals surface area contributed by atoms with E-state index >= 15 is 0 Å². The van der Waals surface area contributed by atoms with Gasteiger partial charge in [0, 0.05) is 18.6 Å². The van der Waals surface area contributed by atoms with E-state index in [-0.39, 0.29) is 0 Å². The monoisotopic (exact) mass is 286 g/mol. The second kappa shape index (κ2) is 6.93. The molecule has 21 heavy (non-hydrogen) atoms. The first-order valence-electron chi connectivity index (χ1n) is 8.89. The Bertz CT molecular complexity index is 451. The molecule has 2 nitrogen and oxygen atoms in total. The molecule has 0 amide bonds. The Labute approximate surface area is 129 Å². The Morgan fingerprint density at radius 2 is 2.00 bits per heavy atom.